The molecule has 0 heterocycles. The molecular weight excluding hydrogens is 379 g/mol. The summed E-state index contributed by atoms with van der Waals surface area (Å²) < 4.78 is 13.8. The van der Waals surface area contributed by atoms with Crippen LogP contribution in [0.25, 0.3) is 0 Å². The van der Waals surface area contributed by atoms with E-state index in [9.17, 15) is 19.3 Å². The van der Waals surface area contributed by atoms with Gasteiger partial charge in [0.1, 0.15) is 11.4 Å². The maximum absolute atomic E-state index is 13.2. The molecule has 114 valence electrons. The van der Waals surface area contributed by atoms with Crippen molar-refractivity contribution in [2.24, 2.45) is 0 Å². The quantitative estimate of drug-likeness (QED) is 0.634. The van der Waals surface area contributed by atoms with Gasteiger partial charge in [0.25, 0.3) is 11.6 Å². The normalized spacial score (nSPS) is 10.3. The molecule has 0 aromatic heterocycles. The van der Waals surface area contributed by atoms with Crippen molar-refractivity contribution in [2.75, 3.05) is 0 Å². The second-order valence-corrected chi connectivity index (χ2v) is 5.63. The molecule has 0 aliphatic carbocycles. The average Bonchev–Trinajstić information content (AvgIpc) is 2.47. The minimum Gasteiger partial charge on any atom is -0.348 e. The predicted octanol–water partition coefficient (Wildman–Crippen LogP) is 4.08. The molecule has 0 bridgehead atoms. The number of carbonyl (C=O) groups is 1. The molecule has 0 atom stereocenters. The summed E-state index contributed by atoms with van der Waals surface area (Å²) in [7, 11) is 0. The fourth-order valence-electron chi connectivity index (χ4n) is 1.80. The van der Waals surface area contributed by atoms with Gasteiger partial charge >= 0.3 is 0 Å². The van der Waals surface area contributed by atoms with Gasteiger partial charge in [-0.3, -0.25) is 14.9 Å². The van der Waals surface area contributed by atoms with Gasteiger partial charge in [0.15, 0.2) is 0 Å². The maximum Gasteiger partial charge on any atom is 0.282 e. The summed E-state index contributed by atoms with van der Waals surface area (Å²) in [5.74, 6) is -1.11. The monoisotopic (exact) mass is 386 g/mol. The highest BCUT2D eigenvalue weighted by atomic mass is 79.9. The number of hydrogen-bond acceptors (Lipinski definition) is 3. The summed E-state index contributed by atoms with van der Waals surface area (Å²) >= 11 is 9.01. The van der Waals surface area contributed by atoms with Crippen molar-refractivity contribution in [1.82, 2.24) is 5.32 Å². The van der Waals surface area contributed by atoms with Crippen LogP contribution in [-0.4, -0.2) is 10.8 Å². The third-order valence-corrected chi connectivity index (χ3v) is 3.86. The molecule has 0 fully saturated rings. The van der Waals surface area contributed by atoms with Gasteiger partial charge in [-0.1, -0.05) is 27.5 Å². The van der Waals surface area contributed by atoms with E-state index in [0.717, 1.165) is 6.07 Å². The largest absolute Gasteiger partial charge is 0.348 e. The van der Waals surface area contributed by atoms with E-state index in [0.29, 0.717) is 10.0 Å². The molecular formula is C14H9BrClFN2O3. The summed E-state index contributed by atoms with van der Waals surface area (Å²) in [6.45, 7) is 0.0147. The third kappa shape index (κ3) is 3.80. The number of amides is 1. The zero-order valence-corrected chi connectivity index (χ0v) is 13.3. The number of nitrogens with one attached hydrogen (secondary N) is 1. The van der Waals surface area contributed by atoms with Crippen molar-refractivity contribution in [3.8, 4) is 0 Å². The van der Waals surface area contributed by atoms with Crippen molar-refractivity contribution >= 4 is 39.1 Å². The molecule has 1 amide bonds. The Morgan fingerprint density at radius 3 is 2.73 bits per heavy atom. The number of nitro benzene ring substituents is 1. The number of nitrogens with zero attached hydrogens (tertiary/aromatic N) is 1. The Balaban J connectivity index is 2.21. The molecule has 22 heavy (non-hydrogen) atoms. The van der Waals surface area contributed by atoms with Crippen LogP contribution in [0, 0.1) is 15.9 Å². The Bertz CT molecular complexity index is 755. The van der Waals surface area contributed by atoms with Crippen molar-refractivity contribution in [3.63, 3.8) is 0 Å². The molecule has 5 nitrogen and oxygen atoms in total. The number of hydrogen-bond donors (Lipinski definition) is 1. The van der Waals surface area contributed by atoms with E-state index >= 15 is 0 Å². The summed E-state index contributed by atoms with van der Waals surface area (Å²) in [5.41, 5.74) is 0.0169. The third-order valence-electron chi connectivity index (χ3n) is 2.85. The van der Waals surface area contributed by atoms with Crippen LogP contribution in [-0.2, 0) is 6.54 Å². The van der Waals surface area contributed by atoms with E-state index < -0.39 is 16.6 Å². The molecule has 2 rings (SSSR count). The van der Waals surface area contributed by atoms with Gasteiger partial charge in [0.05, 0.1) is 4.92 Å². The lowest BCUT2D eigenvalue weighted by molar-refractivity contribution is -0.385. The molecule has 0 unspecified atom stereocenters. The molecule has 2 aromatic rings. The highest BCUT2D eigenvalue weighted by Gasteiger charge is 2.20. The molecule has 0 spiro atoms. The number of halogens is 3. The van der Waals surface area contributed by atoms with Gasteiger partial charge in [-0.2, -0.15) is 0 Å². The van der Waals surface area contributed by atoms with Crippen LogP contribution in [0.4, 0.5) is 10.1 Å². The van der Waals surface area contributed by atoms with E-state index in [1.165, 1.54) is 30.3 Å². The molecule has 0 saturated carbocycles. The summed E-state index contributed by atoms with van der Waals surface area (Å²) in [4.78, 5) is 22.4. The van der Waals surface area contributed by atoms with E-state index in [1.54, 1.807) is 0 Å². The first-order valence-electron chi connectivity index (χ1n) is 6.04. The van der Waals surface area contributed by atoms with Crippen LogP contribution in [0.5, 0.6) is 0 Å². The Kier molecular flexibility index (Phi) is 5.10. The summed E-state index contributed by atoms with van der Waals surface area (Å²) in [6, 6.07) is 7.76. The van der Waals surface area contributed by atoms with Crippen molar-refractivity contribution in [1.29, 1.82) is 0 Å². The second-order valence-electron chi connectivity index (χ2n) is 4.34. The number of nitro groups is 1. The topological polar surface area (TPSA) is 72.2 Å². The van der Waals surface area contributed by atoms with E-state index in [1.807, 2.05) is 0 Å². The smallest absolute Gasteiger partial charge is 0.282 e. The Labute approximate surface area is 138 Å². The first kappa shape index (κ1) is 16.4. The summed E-state index contributed by atoms with van der Waals surface area (Å²) in [5, 5.41) is 13.7. The lowest BCUT2D eigenvalue weighted by Gasteiger charge is -2.08. The first-order valence-corrected chi connectivity index (χ1v) is 7.21. The number of benzene rings is 2. The SMILES string of the molecule is O=C(NCc1cc(F)ccc1Br)c1cc(Cl)ccc1[N+](=O)[O-]. The molecule has 0 saturated heterocycles. The van der Waals surface area contributed by atoms with Crippen LogP contribution in [0.2, 0.25) is 5.02 Å². The first-order chi connectivity index (χ1) is 10.4. The van der Waals surface area contributed by atoms with Gasteiger partial charge in [0, 0.05) is 22.1 Å². The van der Waals surface area contributed by atoms with Gasteiger partial charge in [-0.05, 0) is 35.9 Å². The van der Waals surface area contributed by atoms with Crippen LogP contribution in [0.1, 0.15) is 15.9 Å². The standard InChI is InChI=1S/C14H9BrClFN2O3/c15-12-3-2-10(17)5-8(12)7-18-14(20)11-6-9(16)1-4-13(11)19(21)22/h1-6H,7H2,(H,18,20). The lowest BCUT2D eigenvalue weighted by atomic mass is 10.1. The summed E-state index contributed by atoms with van der Waals surface area (Å²) in [6.07, 6.45) is 0. The van der Waals surface area contributed by atoms with Gasteiger partial charge in [-0.15, -0.1) is 0 Å². The van der Waals surface area contributed by atoms with E-state index in [-0.39, 0.29) is 22.8 Å². The molecule has 0 aliphatic heterocycles. The highest BCUT2D eigenvalue weighted by molar-refractivity contribution is 9.10. The predicted molar refractivity (Wildman–Crippen MR) is 83.4 cm³/mol. The Morgan fingerprint density at radius 1 is 1.32 bits per heavy atom. The minimum atomic E-state index is -0.663. The van der Waals surface area contributed by atoms with E-state index in [4.69, 9.17) is 11.6 Å². The zero-order valence-electron chi connectivity index (χ0n) is 11.0. The Morgan fingerprint density at radius 2 is 2.05 bits per heavy atom. The van der Waals surface area contributed by atoms with Crippen LogP contribution >= 0.6 is 27.5 Å². The van der Waals surface area contributed by atoms with Crippen molar-refractivity contribution < 1.29 is 14.1 Å². The fraction of sp³-hybridized carbons (Fsp3) is 0.0714. The van der Waals surface area contributed by atoms with Crippen LogP contribution in [0.15, 0.2) is 40.9 Å². The average molecular weight is 388 g/mol. The lowest BCUT2D eigenvalue weighted by Crippen LogP contribution is -2.24. The van der Waals surface area contributed by atoms with Gasteiger partial charge < -0.3 is 5.32 Å². The molecule has 8 heteroatoms. The fourth-order valence-corrected chi connectivity index (χ4v) is 2.36. The van der Waals surface area contributed by atoms with Crippen LogP contribution in [0.3, 0.4) is 0 Å². The van der Waals surface area contributed by atoms with Gasteiger partial charge in [0.2, 0.25) is 0 Å². The Hall–Kier alpha value is -1.99. The van der Waals surface area contributed by atoms with Crippen molar-refractivity contribution in [3.05, 3.63) is 73.0 Å². The molecule has 1 N–H and O–H groups in total. The molecule has 0 radical (unpaired) electrons. The number of carbonyl (C=O) groups excluding carboxylic acids is 1. The molecule has 2 aromatic carbocycles. The second kappa shape index (κ2) is 6.85. The maximum atomic E-state index is 13.2. The van der Waals surface area contributed by atoms with Gasteiger partial charge in [-0.25, -0.2) is 4.39 Å². The zero-order chi connectivity index (χ0) is 16.3. The minimum absolute atomic E-state index is 0.0147. The number of rotatable bonds is 4. The molecule has 0 aliphatic rings. The highest BCUT2D eigenvalue weighted by Crippen LogP contribution is 2.23. The van der Waals surface area contributed by atoms with Crippen molar-refractivity contribution in [2.45, 2.75) is 6.54 Å². The van der Waals surface area contributed by atoms with Crippen LogP contribution < -0.4 is 5.32 Å². The van der Waals surface area contributed by atoms with E-state index in [2.05, 4.69) is 21.2 Å².